The van der Waals surface area contributed by atoms with E-state index in [4.69, 9.17) is 37.4 Å². The molecule has 0 unspecified atom stereocenters. The average molecular weight is 737 g/mol. The molecule has 0 aliphatic carbocycles. The molecule has 270 valence electrons. The van der Waals surface area contributed by atoms with Crippen LogP contribution in [0.25, 0.3) is 11.3 Å². The van der Waals surface area contributed by atoms with Crippen molar-refractivity contribution < 1.29 is 29.5 Å². The van der Waals surface area contributed by atoms with Gasteiger partial charge in [0, 0.05) is 73.6 Å². The van der Waals surface area contributed by atoms with Crippen LogP contribution in [0.1, 0.15) is 47.6 Å². The molecule has 1 atom stereocenters. The number of rotatable bonds is 17. The maximum absolute atomic E-state index is 9.78. The Morgan fingerprint density at radius 3 is 2.57 bits per heavy atom. The fraction of sp³-hybridized carbons (Fsp3) is 0.395. The highest BCUT2D eigenvalue weighted by Gasteiger charge is 2.23. The Morgan fingerprint density at radius 2 is 1.82 bits per heavy atom. The van der Waals surface area contributed by atoms with Crippen molar-refractivity contribution in [1.29, 1.82) is 5.26 Å². The van der Waals surface area contributed by atoms with E-state index in [1.54, 1.807) is 43.6 Å². The van der Waals surface area contributed by atoms with Gasteiger partial charge >= 0.3 is 0 Å². The highest BCUT2D eigenvalue weighted by Crippen LogP contribution is 2.37. The van der Waals surface area contributed by atoms with Crippen molar-refractivity contribution in [3.63, 3.8) is 0 Å². The number of aliphatic hydroxyl groups excluding tert-OH is 3. The van der Waals surface area contributed by atoms with E-state index in [0.717, 1.165) is 42.6 Å². The van der Waals surface area contributed by atoms with E-state index in [0.29, 0.717) is 62.8 Å². The number of nitrogens with zero attached hydrogens (tertiary/aromatic N) is 4. The molecule has 1 aliphatic rings. The molecule has 4 N–H and O–H groups in total. The predicted molar refractivity (Wildman–Crippen MR) is 195 cm³/mol. The number of nitrogens with one attached hydrogen (secondary N) is 1. The van der Waals surface area contributed by atoms with E-state index < -0.39 is 5.54 Å². The minimum atomic E-state index is -0.922. The molecule has 2 aromatic heterocycles. The van der Waals surface area contributed by atoms with E-state index in [2.05, 4.69) is 26.3 Å². The molecule has 51 heavy (non-hydrogen) atoms. The van der Waals surface area contributed by atoms with Crippen LogP contribution in [-0.4, -0.2) is 81.3 Å². The fourth-order valence-corrected chi connectivity index (χ4v) is 6.19. The molecule has 5 rings (SSSR count). The number of hydrogen-bond donors (Lipinski definition) is 4. The van der Waals surface area contributed by atoms with Gasteiger partial charge in [-0.05, 0) is 49.9 Å². The zero-order valence-electron chi connectivity index (χ0n) is 28.7. The van der Waals surface area contributed by atoms with Crippen LogP contribution in [0.3, 0.4) is 0 Å². The van der Waals surface area contributed by atoms with Crippen LogP contribution in [0.2, 0.25) is 10.0 Å². The topological polar surface area (TPSA) is 153 Å². The lowest BCUT2D eigenvalue weighted by Gasteiger charge is -2.27. The Kier molecular flexibility index (Phi) is 13.5. The van der Waals surface area contributed by atoms with Gasteiger partial charge in [-0.1, -0.05) is 41.4 Å². The van der Waals surface area contributed by atoms with Gasteiger partial charge in [0.05, 0.1) is 47.7 Å². The van der Waals surface area contributed by atoms with Crippen molar-refractivity contribution in [2.24, 2.45) is 0 Å². The molecule has 0 spiro atoms. The van der Waals surface area contributed by atoms with Crippen molar-refractivity contribution in [1.82, 2.24) is 20.2 Å². The van der Waals surface area contributed by atoms with Crippen LogP contribution in [-0.2, 0) is 19.8 Å². The number of aromatic nitrogens is 2. The number of pyridine rings is 2. The predicted octanol–water partition coefficient (Wildman–Crippen LogP) is 5.46. The molecule has 1 fully saturated rings. The first kappa shape index (κ1) is 38.2. The van der Waals surface area contributed by atoms with Gasteiger partial charge in [0.1, 0.15) is 41.6 Å². The molecule has 0 amide bonds. The van der Waals surface area contributed by atoms with Crippen molar-refractivity contribution in [3.8, 4) is 34.6 Å². The molecular formula is C38H43Cl2N5O6. The number of benzene rings is 2. The first-order valence-electron chi connectivity index (χ1n) is 16.8. The maximum Gasteiger partial charge on any atom is 0.142 e. The molecule has 0 bridgehead atoms. The summed E-state index contributed by atoms with van der Waals surface area (Å²) in [6.45, 7) is 6.66. The van der Waals surface area contributed by atoms with Crippen LogP contribution in [0.4, 0.5) is 0 Å². The number of β-amino-alcohol motifs (C(OH)–C–C–N with tert-alkyl or cyclic N) is 1. The zero-order chi connectivity index (χ0) is 36.4. The Balaban J connectivity index is 1.31. The maximum atomic E-state index is 9.78. The van der Waals surface area contributed by atoms with Gasteiger partial charge < -0.3 is 39.7 Å². The summed E-state index contributed by atoms with van der Waals surface area (Å²) in [7, 11) is 0. The summed E-state index contributed by atoms with van der Waals surface area (Å²) in [5.74, 6) is 1.43. The minimum absolute atomic E-state index is 0.133. The van der Waals surface area contributed by atoms with Crippen LogP contribution >= 0.6 is 23.2 Å². The van der Waals surface area contributed by atoms with Crippen LogP contribution < -0.4 is 19.5 Å². The standard InChI is InChI=1S/C38H43Cl2N5O6/c1-25-28(5-3-6-31(25)37-36(40)33(7-9-43-37)49-12-4-10-45-11-8-30(48)20-45)22-51-35-15-34(50-21-27-13-26(16-41)17-42-18-27)29(14-32(35)39)19-44-38(2,23-46)24-47/h3,5-7,9,13-15,17-18,30,44,46-48H,4,8,10-12,19-24H2,1-2H3/t30-/m1/s1. The van der Waals surface area contributed by atoms with E-state index >= 15 is 0 Å². The number of halogens is 2. The van der Waals surface area contributed by atoms with Crippen LogP contribution in [0.5, 0.6) is 17.2 Å². The van der Waals surface area contributed by atoms with Crippen LogP contribution in [0, 0.1) is 18.3 Å². The monoisotopic (exact) mass is 735 g/mol. The third-order valence-corrected chi connectivity index (χ3v) is 9.56. The Labute approximate surface area is 308 Å². The normalized spacial score (nSPS) is 14.7. The summed E-state index contributed by atoms with van der Waals surface area (Å²) in [4.78, 5) is 10.9. The van der Waals surface area contributed by atoms with Crippen molar-refractivity contribution in [2.75, 3.05) is 39.5 Å². The highest BCUT2D eigenvalue weighted by molar-refractivity contribution is 6.34. The van der Waals surface area contributed by atoms with Gasteiger partial charge in [0.25, 0.3) is 0 Å². The summed E-state index contributed by atoms with van der Waals surface area (Å²) in [6.07, 6.45) is 6.18. The third-order valence-electron chi connectivity index (χ3n) is 8.90. The molecule has 0 radical (unpaired) electrons. The fourth-order valence-electron chi connectivity index (χ4n) is 5.68. The van der Waals surface area contributed by atoms with Gasteiger partial charge in [-0.25, -0.2) is 0 Å². The Bertz CT molecular complexity index is 1830. The summed E-state index contributed by atoms with van der Waals surface area (Å²) in [5.41, 5.74) is 4.17. The van der Waals surface area contributed by atoms with E-state index in [1.807, 2.05) is 25.1 Å². The van der Waals surface area contributed by atoms with Gasteiger partial charge in [-0.2, -0.15) is 5.26 Å². The lowest BCUT2D eigenvalue weighted by Crippen LogP contribution is -2.48. The zero-order valence-corrected chi connectivity index (χ0v) is 30.3. The molecule has 13 heteroatoms. The van der Waals surface area contributed by atoms with E-state index in [9.17, 15) is 20.6 Å². The average Bonchev–Trinajstić information content (AvgIpc) is 3.57. The molecule has 2 aromatic carbocycles. The largest absolute Gasteiger partial charge is 0.492 e. The molecule has 0 saturated carbocycles. The highest BCUT2D eigenvalue weighted by atomic mass is 35.5. The van der Waals surface area contributed by atoms with Crippen LogP contribution in [0.15, 0.2) is 61.1 Å². The lowest BCUT2D eigenvalue weighted by atomic mass is 10.00. The second-order valence-electron chi connectivity index (χ2n) is 12.9. The number of ether oxygens (including phenoxy) is 3. The van der Waals surface area contributed by atoms with Gasteiger partial charge in [0.2, 0.25) is 0 Å². The third kappa shape index (κ3) is 10.1. The SMILES string of the molecule is Cc1c(COc2cc(OCc3cncc(C#N)c3)c(CNC(C)(CO)CO)cc2Cl)cccc1-c1nccc(OCCCN2CC[C@@H](O)C2)c1Cl. The molecule has 4 aromatic rings. The number of nitriles is 1. The second-order valence-corrected chi connectivity index (χ2v) is 13.7. The summed E-state index contributed by atoms with van der Waals surface area (Å²) < 4.78 is 18.5. The van der Waals surface area contributed by atoms with Crippen molar-refractivity contribution in [3.05, 3.63) is 98.9 Å². The first-order valence-corrected chi connectivity index (χ1v) is 17.5. The van der Waals surface area contributed by atoms with E-state index in [1.165, 1.54) is 6.20 Å². The first-order chi connectivity index (χ1) is 24.6. The lowest BCUT2D eigenvalue weighted by molar-refractivity contribution is 0.103. The minimum Gasteiger partial charge on any atom is -0.492 e. The van der Waals surface area contributed by atoms with E-state index in [-0.39, 0.29) is 39.1 Å². The summed E-state index contributed by atoms with van der Waals surface area (Å²) in [6, 6.07) is 14.8. The van der Waals surface area contributed by atoms with Crippen molar-refractivity contribution in [2.45, 2.75) is 58.1 Å². The molecule has 1 saturated heterocycles. The quantitative estimate of drug-likeness (QED) is 0.102. The second kappa shape index (κ2) is 18.0. The number of hydrogen-bond acceptors (Lipinski definition) is 11. The molecule has 3 heterocycles. The smallest absolute Gasteiger partial charge is 0.142 e. The summed E-state index contributed by atoms with van der Waals surface area (Å²) >= 11 is 13.6. The van der Waals surface area contributed by atoms with Crippen molar-refractivity contribution >= 4 is 23.2 Å². The Hall–Kier alpha value is -3.99. The van der Waals surface area contributed by atoms with Gasteiger partial charge in [0.15, 0.2) is 0 Å². The summed E-state index contributed by atoms with van der Waals surface area (Å²) in [5, 5.41) is 42.5. The number of likely N-dealkylation sites (tertiary alicyclic amines) is 1. The molecule has 1 aliphatic heterocycles. The van der Waals surface area contributed by atoms with Gasteiger partial charge in [-0.15, -0.1) is 0 Å². The number of aliphatic hydroxyl groups is 3. The van der Waals surface area contributed by atoms with Gasteiger partial charge in [-0.3, -0.25) is 9.97 Å². The molecule has 11 nitrogen and oxygen atoms in total. The Morgan fingerprint density at radius 1 is 1.02 bits per heavy atom. The molecular weight excluding hydrogens is 693 g/mol.